The van der Waals surface area contributed by atoms with Crippen molar-refractivity contribution in [3.63, 3.8) is 0 Å². The minimum Gasteiger partial charge on any atom is -0.292 e. The Kier molecular flexibility index (Phi) is 3.27. The van der Waals surface area contributed by atoms with Gasteiger partial charge in [0.25, 0.3) is 0 Å². The molecule has 0 atom stereocenters. The summed E-state index contributed by atoms with van der Waals surface area (Å²) < 4.78 is 1.78. The maximum absolute atomic E-state index is 12.0. The largest absolute Gasteiger partial charge is 0.348 e. The molecule has 0 unspecified atom stereocenters. The number of rotatable bonds is 3. The van der Waals surface area contributed by atoms with Gasteiger partial charge < -0.3 is 0 Å². The zero-order valence-corrected chi connectivity index (χ0v) is 10.6. The average Bonchev–Trinajstić information content (AvgIpc) is 2.32. The van der Waals surface area contributed by atoms with Gasteiger partial charge in [-0.25, -0.2) is 4.79 Å². The highest BCUT2D eigenvalue weighted by Crippen LogP contribution is 2.16. The van der Waals surface area contributed by atoms with Crippen LogP contribution < -0.4 is 5.69 Å². The smallest absolute Gasteiger partial charge is 0.292 e. The molecule has 0 N–H and O–H groups in total. The standard InChI is InChI=1S/C14H18N2O/c1-4-12-11-7-5-6-8-13(11)16(9-10(2)3)14(17)15-12/h5-8,10H,4,9H2,1-3H3. The van der Waals surface area contributed by atoms with E-state index in [9.17, 15) is 4.79 Å². The Hall–Kier alpha value is -1.64. The first-order valence-corrected chi connectivity index (χ1v) is 6.12. The van der Waals surface area contributed by atoms with Crippen LogP contribution in [0, 0.1) is 5.92 Å². The third-order valence-corrected chi connectivity index (χ3v) is 2.85. The summed E-state index contributed by atoms with van der Waals surface area (Å²) in [5.41, 5.74) is 1.76. The van der Waals surface area contributed by atoms with Crippen LogP contribution in [0.15, 0.2) is 29.1 Å². The van der Waals surface area contributed by atoms with E-state index >= 15 is 0 Å². The third-order valence-electron chi connectivity index (χ3n) is 2.85. The molecule has 0 saturated heterocycles. The summed E-state index contributed by atoms with van der Waals surface area (Å²) in [6.45, 7) is 6.96. The van der Waals surface area contributed by atoms with Crippen LogP contribution in [0.3, 0.4) is 0 Å². The predicted octanol–water partition coefficient (Wildman–Crippen LogP) is 2.61. The normalized spacial score (nSPS) is 11.3. The van der Waals surface area contributed by atoms with E-state index < -0.39 is 0 Å². The lowest BCUT2D eigenvalue weighted by atomic mass is 10.1. The maximum Gasteiger partial charge on any atom is 0.348 e. The summed E-state index contributed by atoms with van der Waals surface area (Å²) in [6, 6.07) is 8.00. The average molecular weight is 230 g/mol. The van der Waals surface area contributed by atoms with Crippen molar-refractivity contribution in [3.05, 3.63) is 40.4 Å². The Balaban J connectivity index is 2.75. The molecule has 3 heteroatoms. The number of hydrogen-bond donors (Lipinski definition) is 0. The van der Waals surface area contributed by atoms with Crippen molar-refractivity contribution < 1.29 is 0 Å². The number of fused-ring (bicyclic) bond motifs is 1. The molecule has 3 nitrogen and oxygen atoms in total. The van der Waals surface area contributed by atoms with Gasteiger partial charge in [0.05, 0.1) is 11.2 Å². The van der Waals surface area contributed by atoms with Crippen molar-refractivity contribution in [1.29, 1.82) is 0 Å². The number of aryl methyl sites for hydroxylation is 1. The van der Waals surface area contributed by atoms with Gasteiger partial charge in [0.15, 0.2) is 0 Å². The summed E-state index contributed by atoms with van der Waals surface area (Å²) in [5, 5.41) is 1.09. The van der Waals surface area contributed by atoms with Crippen molar-refractivity contribution in [2.45, 2.75) is 33.7 Å². The van der Waals surface area contributed by atoms with Gasteiger partial charge in [-0.1, -0.05) is 39.0 Å². The number of aromatic nitrogens is 2. The molecule has 1 heterocycles. The zero-order valence-electron chi connectivity index (χ0n) is 10.6. The highest BCUT2D eigenvalue weighted by atomic mass is 16.1. The van der Waals surface area contributed by atoms with E-state index in [4.69, 9.17) is 0 Å². The maximum atomic E-state index is 12.0. The zero-order chi connectivity index (χ0) is 12.4. The summed E-state index contributed by atoms with van der Waals surface area (Å²) >= 11 is 0. The van der Waals surface area contributed by atoms with Gasteiger partial charge in [-0.05, 0) is 18.4 Å². The van der Waals surface area contributed by atoms with E-state index in [1.807, 2.05) is 31.2 Å². The molecule has 2 aromatic rings. The SMILES string of the molecule is CCc1nc(=O)n(CC(C)C)c2ccccc12. The molecule has 0 aliphatic carbocycles. The first kappa shape index (κ1) is 11.8. The summed E-state index contributed by atoms with van der Waals surface area (Å²) in [5.74, 6) is 0.436. The number of nitrogens with zero attached hydrogens (tertiary/aromatic N) is 2. The Labute approximate surface area is 101 Å². The lowest BCUT2D eigenvalue weighted by Crippen LogP contribution is -2.26. The minimum absolute atomic E-state index is 0.130. The predicted molar refractivity (Wildman–Crippen MR) is 70.2 cm³/mol. The molecule has 0 aliphatic heterocycles. The van der Waals surface area contributed by atoms with E-state index in [0.29, 0.717) is 5.92 Å². The van der Waals surface area contributed by atoms with Crippen molar-refractivity contribution in [2.24, 2.45) is 5.92 Å². The van der Waals surface area contributed by atoms with Gasteiger partial charge in [-0.2, -0.15) is 4.98 Å². The summed E-state index contributed by atoms with van der Waals surface area (Å²) in [6.07, 6.45) is 0.790. The van der Waals surface area contributed by atoms with Crippen LogP contribution >= 0.6 is 0 Å². The highest BCUT2D eigenvalue weighted by molar-refractivity contribution is 5.81. The monoisotopic (exact) mass is 230 g/mol. The molecule has 0 spiro atoms. The molecule has 0 amide bonds. The van der Waals surface area contributed by atoms with Crippen LogP contribution in [0.25, 0.3) is 10.9 Å². The van der Waals surface area contributed by atoms with Crippen LogP contribution in [0.1, 0.15) is 26.5 Å². The van der Waals surface area contributed by atoms with Crippen LogP contribution in [0.2, 0.25) is 0 Å². The molecule has 0 fully saturated rings. The number of hydrogen-bond acceptors (Lipinski definition) is 2. The molecule has 0 saturated carbocycles. The first-order valence-electron chi connectivity index (χ1n) is 6.12. The molecule has 17 heavy (non-hydrogen) atoms. The van der Waals surface area contributed by atoms with Crippen molar-refractivity contribution >= 4 is 10.9 Å². The molecule has 90 valence electrons. The van der Waals surface area contributed by atoms with Gasteiger partial charge >= 0.3 is 5.69 Å². The quantitative estimate of drug-likeness (QED) is 0.812. The fourth-order valence-electron chi connectivity index (χ4n) is 2.10. The highest BCUT2D eigenvalue weighted by Gasteiger charge is 2.09. The van der Waals surface area contributed by atoms with Gasteiger partial charge in [0.2, 0.25) is 0 Å². The van der Waals surface area contributed by atoms with E-state index in [1.165, 1.54) is 0 Å². The molecular formula is C14H18N2O. The topological polar surface area (TPSA) is 34.9 Å². The van der Waals surface area contributed by atoms with Crippen molar-refractivity contribution in [1.82, 2.24) is 9.55 Å². The third kappa shape index (κ3) is 2.23. The lowest BCUT2D eigenvalue weighted by Gasteiger charge is -2.13. The van der Waals surface area contributed by atoms with Gasteiger partial charge in [-0.3, -0.25) is 4.57 Å². The molecule has 1 aromatic carbocycles. The summed E-state index contributed by atoms with van der Waals surface area (Å²) in [7, 11) is 0. The molecule has 2 rings (SSSR count). The van der Waals surface area contributed by atoms with E-state index in [0.717, 1.165) is 29.6 Å². The fraction of sp³-hybridized carbons (Fsp3) is 0.429. The van der Waals surface area contributed by atoms with Crippen molar-refractivity contribution in [3.8, 4) is 0 Å². The molecule has 0 bridgehead atoms. The van der Waals surface area contributed by atoms with Crippen LogP contribution in [-0.4, -0.2) is 9.55 Å². The second kappa shape index (κ2) is 4.70. The van der Waals surface area contributed by atoms with Crippen molar-refractivity contribution in [2.75, 3.05) is 0 Å². The Bertz CT molecular complexity index is 584. The fourth-order valence-corrected chi connectivity index (χ4v) is 2.10. The molecular weight excluding hydrogens is 212 g/mol. The molecule has 1 aromatic heterocycles. The van der Waals surface area contributed by atoms with E-state index in [2.05, 4.69) is 18.8 Å². The number of para-hydroxylation sites is 1. The Morgan fingerprint density at radius 2 is 2.00 bits per heavy atom. The minimum atomic E-state index is -0.130. The second-order valence-electron chi connectivity index (χ2n) is 4.72. The molecule has 0 radical (unpaired) electrons. The second-order valence-corrected chi connectivity index (χ2v) is 4.72. The first-order chi connectivity index (χ1) is 8.13. The Morgan fingerprint density at radius 3 is 2.65 bits per heavy atom. The molecule has 0 aliphatic rings. The van der Waals surface area contributed by atoms with Gasteiger partial charge in [0, 0.05) is 11.9 Å². The van der Waals surface area contributed by atoms with Gasteiger partial charge in [-0.15, -0.1) is 0 Å². The summed E-state index contributed by atoms with van der Waals surface area (Å²) in [4.78, 5) is 16.2. The van der Waals surface area contributed by atoms with Crippen LogP contribution in [0.5, 0.6) is 0 Å². The van der Waals surface area contributed by atoms with E-state index in [-0.39, 0.29) is 5.69 Å². The van der Waals surface area contributed by atoms with E-state index in [1.54, 1.807) is 4.57 Å². The van der Waals surface area contributed by atoms with Crippen LogP contribution in [-0.2, 0) is 13.0 Å². The number of benzene rings is 1. The Morgan fingerprint density at radius 1 is 1.29 bits per heavy atom. The lowest BCUT2D eigenvalue weighted by molar-refractivity contribution is 0.515. The van der Waals surface area contributed by atoms with Crippen LogP contribution in [0.4, 0.5) is 0 Å². The van der Waals surface area contributed by atoms with Gasteiger partial charge in [0.1, 0.15) is 0 Å².